The predicted octanol–water partition coefficient (Wildman–Crippen LogP) is 2.23. The smallest absolute Gasteiger partial charge is 0.258 e. The summed E-state index contributed by atoms with van der Waals surface area (Å²) in [5, 5.41) is 2.96. The molecule has 0 aromatic heterocycles. The SMILES string of the molecule is NCC(NC(=O)COc1ccc(F)cc1)C1CCCCC1. The first-order valence-electron chi connectivity index (χ1n) is 7.57. The summed E-state index contributed by atoms with van der Waals surface area (Å²) in [5.74, 6) is 0.444. The number of carbonyl (C=O) groups excluding carboxylic acids is 1. The van der Waals surface area contributed by atoms with Crippen LogP contribution >= 0.6 is 0 Å². The van der Waals surface area contributed by atoms with Gasteiger partial charge in [-0.2, -0.15) is 0 Å². The van der Waals surface area contributed by atoms with Crippen LogP contribution in [0.5, 0.6) is 5.75 Å². The summed E-state index contributed by atoms with van der Waals surface area (Å²) in [4.78, 5) is 11.9. The van der Waals surface area contributed by atoms with E-state index in [2.05, 4.69) is 5.32 Å². The number of ether oxygens (including phenoxy) is 1. The molecule has 0 spiro atoms. The van der Waals surface area contributed by atoms with Gasteiger partial charge in [-0.25, -0.2) is 4.39 Å². The lowest BCUT2D eigenvalue weighted by Crippen LogP contribution is -2.47. The van der Waals surface area contributed by atoms with E-state index in [4.69, 9.17) is 10.5 Å². The highest BCUT2D eigenvalue weighted by atomic mass is 19.1. The highest BCUT2D eigenvalue weighted by molar-refractivity contribution is 5.77. The van der Waals surface area contributed by atoms with Crippen molar-refractivity contribution < 1.29 is 13.9 Å². The number of carbonyl (C=O) groups is 1. The van der Waals surface area contributed by atoms with Gasteiger partial charge in [0, 0.05) is 12.6 Å². The number of nitrogens with two attached hydrogens (primary N) is 1. The van der Waals surface area contributed by atoms with Gasteiger partial charge in [-0.3, -0.25) is 4.79 Å². The van der Waals surface area contributed by atoms with E-state index in [1.54, 1.807) is 0 Å². The van der Waals surface area contributed by atoms with Crippen molar-refractivity contribution in [1.82, 2.24) is 5.32 Å². The molecule has 0 radical (unpaired) electrons. The summed E-state index contributed by atoms with van der Waals surface area (Å²) >= 11 is 0. The minimum absolute atomic E-state index is 0.0228. The van der Waals surface area contributed by atoms with Crippen LogP contribution in [0.3, 0.4) is 0 Å². The van der Waals surface area contributed by atoms with Crippen LogP contribution in [0.4, 0.5) is 4.39 Å². The summed E-state index contributed by atoms with van der Waals surface area (Å²) in [5.41, 5.74) is 5.78. The van der Waals surface area contributed by atoms with Crippen molar-refractivity contribution in [2.24, 2.45) is 11.7 Å². The average Bonchev–Trinajstić information content (AvgIpc) is 2.53. The molecule has 1 aliphatic carbocycles. The van der Waals surface area contributed by atoms with Crippen LogP contribution in [-0.2, 0) is 4.79 Å². The first-order valence-corrected chi connectivity index (χ1v) is 7.57. The van der Waals surface area contributed by atoms with Crippen molar-refractivity contribution in [2.75, 3.05) is 13.2 Å². The molecule has 4 nitrogen and oxygen atoms in total. The number of hydrogen-bond donors (Lipinski definition) is 2. The highest BCUT2D eigenvalue weighted by Crippen LogP contribution is 2.26. The molecule has 0 aliphatic heterocycles. The van der Waals surface area contributed by atoms with Gasteiger partial charge in [0.2, 0.25) is 0 Å². The topological polar surface area (TPSA) is 64.3 Å². The van der Waals surface area contributed by atoms with Gasteiger partial charge in [0.15, 0.2) is 6.61 Å². The normalized spacial score (nSPS) is 17.2. The van der Waals surface area contributed by atoms with Crippen molar-refractivity contribution in [3.05, 3.63) is 30.1 Å². The Balaban J connectivity index is 1.78. The van der Waals surface area contributed by atoms with Gasteiger partial charge in [0.05, 0.1) is 0 Å². The van der Waals surface area contributed by atoms with E-state index < -0.39 is 0 Å². The van der Waals surface area contributed by atoms with Gasteiger partial charge >= 0.3 is 0 Å². The lowest BCUT2D eigenvalue weighted by atomic mass is 9.84. The van der Waals surface area contributed by atoms with Crippen molar-refractivity contribution in [3.63, 3.8) is 0 Å². The summed E-state index contributed by atoms with van der Waals surface area (Å²) in [6, 6.07) is 5.64. The maximum Gasteiger partial charge on any atom is 0.258 e. The minimum Gasteiger partial charge on any atom is -0.484 e. The second-order valence-corrected chi connectivity index (χ2v) is 5.55. The molecule has 1 aromatic carbocycles. The largest absolute Gasteiger partial charge is 0.484 e. The molecular formula is C16H23FN2O2. The van der Waals surface area contributed by atoms with E-state index in [-0.39, 0.29) is 24.4 Å². The van der Waals surface area contributed by atoms with Gasteiger partial charge in [0.25, 0.3) is 5.91 Å². The Labute approximate surface area is 124 Å². The zero-order valence-electron chi connectivity index (χ0n) is 12.2. The first kappa shape index (κ1) is 15.8. The molecule has 1 aliphatic rings. The summed E-state index contributed by atoms with van der Waals surface area (Å²) < 4.78 is 18.1. The van der Waals surface area contributed by atoms with E-state index in [0.29, 0.717) is 18.2 Å². The third-order valence-electron chi connectivity index (χ3n) is 4.00. The van der Waals surface area contributed by atoms with E-state index in [9.17, 15) is 9.18 Å². The van der Waals surface area contributed by atoms with E-state index >= 15 is 0 Å². The maximum absolute atomic E-state index is 12.8. The molecule has 0 bridgehead atoms. The summed E-state index contributed by atoms with van der Waals surface area (Å²) in [6.45, 7) is 0.377. The Hall–Kier alpha value is -1.62. The fourth-order valence-corrected chi connectivity index (χ4v) is 2.83. The van der Waals surface area contributed by atoms with Crippen molar-refractivity contribution in [2.45, 2.75) is 38.1 Å². The van der Waals surface area contributed by atoms with Crippen LogP contribution in [0.25, 0.3) is 0 Å². The number of amides is 1. The number of hydrogen-bond acceptors (Lipinski definition) is 3. The average molecular weight is 294 g/mol. The standard InChI is InChI=1S/C16H23FN2O2/c17-13-6-8-14(9-7-13)21-11-16(20)19-15(10-18)12-4-2-1-3-5-12/h6-9,12,15H,1-5,10-11,18H2,(H,19,20). The Bertz CT molecular complexity index is 444. The van der Waals surface area contributed by atoms with Crippen LogP contribution in [0.1, 0.15) is 32.1 Å². The van der Waals surface area contributed by atoms with Crippen molar-refractivity contribution in [1.29, 1.82) is 0 Å². The van der Waals surface area contributed by atoms with Crippen LogP contribution in [-0.4, -0.2) is 25.1 Å². The molecule has 1 saturated carbocycles. The third-order valence-corrected chi connectivity index (χ3v) is 4.00. The molecule has 1 unspecified atom stereocenters. The Morgan fingerprint density at radius 2 is 1.95 bits per heavy atom. The quantitative estimate of drug-likeness (QED) is 0.845. The van der Waals surface area contributed by atoms with Crippen LogP contribution < -0.4 is 15.8 Å². The zero-order chi connectivity index (χ0) is 15.1. The van der Waals surface area contributed by atoms with Crippen LogP contribution in [0.15, 0.2) is 24.3 Å². The highest BCUT2D eigenvalue weighted by Gasteiger charge is 2.23. The number of halogens is 1. The molecule has 116 valence electrons. The minimum atomic E-state index is -0.327. The van der Waals surface area contributed by atoms with Gasteiger partial charge in [-0.1, -0.05) is 19.3 Å². The fourth-order valence-electron chi connectivity index (χ4n) is 2.83. The fraction of sp³-hybridized carbons (Fsp3) is 0.562. The Morgan fingerprint density at radius 3 is 2.57 bits per heavy atom. The van der Waals surface area contributed by atoms with Crippen LogP contribution in [0, 0.1) is 11.7 Å². The molecule has 3 N–H and O–H groups in total. The Kier molecular flexibility index (Phi) is 5.99. The summed E-state index contributed by atoms with van der Waals surface area (Å²) in [7, 11) is 0. The molecule has 21 heavy (non-hydrogen) atoms. The third kappa shape index (κ3) is 5.01. The molecule has 1 atom stereocenters. The van der Waals surface area contributed by atoms with Gasteiger partial charge in [-0.05, 0) is 43.0 Å². The second-order valence-electron chi connectivity index (χ2n) is 5.55. The van der Waals surface area contributed by atoms with E-state index in [1.165, 1.54) is 43.5 Å². The van der Waals surface area contributed by atoms with Gasteiger partial charge < -0.3 is 15.8 Å². The predicted molar refractivity (Wildman–Crippen MR) is 79.5 cm³/mol. The molecule has 5 heteroatoms. The van der Waals surface area contributed by atoms with E-state index in [1.807, 2.05) is 0 Å². The molecule has 1 aromatic rings. The molecule has 1 amide bonds. The number of benzene rings is 1. The number of nitrogens with one attached hydrogen (secondary N) is 1. The van der Waals surface area contributed by atoms with Gasteiger partial charge in [0.1, 0.15) is 11.6 Å². The second kappa shape index (κ2) is 7.98. The first-order chi connectivity index (χ1) is 10.2. The summed E-state index contributed by atoms with van der Waals surface area (Å²) in [6.07, 6.45) is 5.95. The monoisotopic (exact) mass is 294 g/mol. The molecule has 1 fully saturated rings. The lowest BCUT2D eigenvalue weighted by Gasteiger charge is -2.30. The number of rotatable bonds is 6. The van der Waals surface area contributed by atoms with E-state index in [0.717, 1.165) is 12.8 Å². The Morgan fingerprint density at radius 1 is 1.29 bits per heavy atom. The molecule has 2 rings (SSSR count). The maximum atomic E-state index is 12.8. The molecule has 0 heterocycles. The molecule has 0 saturated heterocycles. The van der Waals surface area contributed by atoms with Crippen molar-refractivity contribution in [3.8, 4) is 5.75 Å². The zero-order valence-corrected chi connectivity index (χ0v) is 12.2. The van der Waals surface area contributed by atoms with Crippen LogP contribution in [0.2, 0.25) is 0 Å². The molecular weight excluding hydrogens is 271 g/mol. The van der Waals surface area contributed by atoms with Crippen molar-refractivity contribution >= 4 is 5.91 Å². The lowest BCUT2D eigenvalue weighted by molar-refractivity contribution is -0.124. The van der Waals surface area contributed by atoms with Gasteiger partial charge in [-0.15, -0.1) is 0 Å².